The van der Waals surface area contributed by atoms with Crippen molar-refractivity contribution < 1.29 is 39.6 Å². The first-order valence-corrected chi connectivity index (χ1v) is 14.1. The van der Waals surface area contributed by atoms with E-state index >= 15 is 0 Å². The molecule has 0 aromatic heterocycles. The van der Waals surface area contributed by atoms with Crippen LogP contribution in [0.1, 0.15) is 142 Å². The van der Waals surface area contributed by atoms with Crippen LogP contribution in [0.3, 0.4) is 0 Å². The Balaban J connectivity index is 4.83. The minimum absolute atomic E-state index is 0.242. The van der Waals surface area contributed by atoms with Gasteiger partial charge < -0.3 is 20.4 Å². The maximum absolute atomic E-state index is 12.7. The van der Waals surface area contributed by atoms with E-state index in [0.717, 1.165) is 51.4 Å². The first-order valence-electron chi connectivity index (χ1n) is 14.1. The molecule has 0 spiro atoms. The standard InChI is InChI=1S/C28H50O8/c1-3-5-7-9-11-13-15-17-19-21-23(29)27(35,25(31)32)28(36,26(33)34)24(30)22-20-18-16-14-12-10-8-6-4-2/h35-36H,3-22H2,1-2H3,(H,31,32)(H,33,34). The number of hydrogen-bond donors (Lipinski definition) is 4. The highest BCUT2D eigenvalue weighted by molar-refractivity contribution is 6.21. The maximum atomic E-state index is 12.7. The molecule has 36 heavy (non-hydrogen) atoms. The summed E-state index contributed by atoms with van der Waals surface area (Å²) < 4.78 is 0. The minimum Gasteiger partial charge on any atom is -0.479 e. The molecule has 0 heterocycles. The van der Waals surface area contributed by atoms with Crippen molar-refractivity contribution in [1.82, 2.24) is 0 Å². The molecule has 0 aromatic carbocycles. The van der Waals surface area contributed by atoms with E-state index in [9.17, 15) is 39.6 Å². The zero-order chi connectivity index (χ0) is 27.5. The zero-order valence-corrected chi connectivity index (χ0v) is 22.6. The van der Waals surface area contributed by atoms with E-state index in [4.69, 9.17) is 0 Å². The highest BCUT2D eigenvalue weighted by Crippen LogP contribution is 2.30. The van der Waals surface area contributed by atoms with Crippen molar-refractivity contribution in [2.75, 3.05) is 0 Å². The molecule has 0 fully saturated rings. The van der Waals surface area contributed by atoms with Crippen LogP contribution in [-0.4, -0.2) is 55.1 Å². The Morgan fingerprint density at radius 2 is 0.667 bits per heavy atom. The predicted molar refractivity (Wildman–Crippen MR) is 139 cm³/mol. The van der Waals surface area contributed by atoms with E-state index < -0.39 is 47.5 Å². The molecule has 0 bridgehead atoms. The highest BCUT2D eigenvalue weighted by Gasteiger charge is 2.68. The molecule has 0 rings (SSSR count). The Labute approximate surface area is 216 Å². The molecule has 8 heteroatoms. The average molecular weight is 515 g/mol. The van der Waals surface area contributed by atoms with Crippen LogP contribution in [0.5, 0.6) is 0 Å². The number of carboxylic acid groups (broad SMARTS) is 2. The van der Waals surface area contributed by atoms with Crippen LogP contribution in [0.2, 0.25) is 0 Å². The van der Waals surface area contributed by atoms with Crippen molar-refractivity contribution in [2.24, 2.45) is 0 Å². The molecule has 0 aliphatic carbocycles. The molecule has 0 aliphatic heterocycles. The van der Waals surface area contributed by atoms with Crippen LogP contribution in [-0.2, 0) is 19.2 Å². The van der Waals surface area contributed by atoms with Crippen molar-refractivity contribution >= 4 is 23.5 Å². The summed E-state index contributed by atoms with van der Waals surface area (Å²) in [5.74, 6) is -7.17. The van der Waals surface area contributed by atoms with Gasteiger partial charge >= 0.3 is 11.9 Å². The predicted octanol–water partition coefficient (Wildman–Crippen LogP) is 5.60. The van der Waals surface area contributed by atoms with Crippen molar-refractivity contribution in [3.05, 3.63) is 0 Å². The summed E-state index contributed by atoms with van der Waals surface area (Å²) in [6.07, 6.45) is 15.9. The van der Waals surface area contributed by atoms with Crippen LogP contribution in [0.25, 0.3) is 0 Å². The van der Waals surface area contributed by atoms with Crippen molar-refractivity contribution in [1.29, 1.82) is 0 Å². The van der Waals surface area contributed by atoms with Gasteiger partial charge in [-0.1, -0.05) is 117 Å². The number of carboxylic acids is 2. The summed E-state index contributed by atoms with van der Waals surface area (Å²) in [7, 11) is 0. The fraction of sp³-hybridized carbons (Fsp3) is 0.857. The number of aliphatic hydroxyl groups is 2. The van der Waals surface area contributed by atoms with Gasteiger partial charge in [-0.3, -0.25) is 9.59 Å². The first-order chi connectivity index (χ1) is 17.1. The van der Waals surface area contributed by atoms with Gasteiger partial charge in [-0.15, -0.1) is 0 Å². The Bertz CT molecular complexity index is 606. The van der Waals surface area contributed by atoms with Crippen LogP contribution < -0.4 is 0 Å². The average Bonchev–Trinajstić information content (AvgIpc) is 2.84. The fourth-order valence-corrected chi connectivity index (χ4v) is 4.51. The number of rotatable bonds is 25. The second-order valence-corrected chi connectivity index (χ2v) is 10.0. The number of aliphatic carboxylic acids is 2. The monoisotopic (exact) mass is 514 g/mol. The lowest BCUT2D eigenvalue weighted by atomic mass is 9.74. The lowest BCUT2D eigenvalue weighted by Gasteiger charge is -2.34. The third-order valence-electron chi connectivity index (χ3n) is 6.96. The van der Waals surface area contributed by atoms with Gasteiger partial charge in [0.1, 0.15) is 0 Å². The minimum atomic E-state index is -3.73. The number of unbranched alkanes of at least 4 members (excludes halogenated alkanes) is 16. The van der Waals surface area contributed by atoms with Gasteiger partial charge in [0.25, 0.3) is 11.2 Å². The molecular weight excluding hydrogens is 464 g/mol. The van der Waals surface area contributed by atoms with E-state index in [1.165, 1.54) is 38.5 Å². The third-order valence-corrected chi connectivity index (χ3v) is 6.96. The second kappa shape index (κ2) is 19.3. The normalized spacial score (nSPS) is 14.7. The van der Waals surface area contributed by atoms with Gasteiger partial charge in [0.05, 0.1) is 0 Å². The summed E-state index contributed by atoms with van der Waals surface area (Å²) in [4.78, 5) is 49.1. The van der Waals surface area contributed by atoms with E-state index in [-0.39, 0.29) is 12.8 Å². The van der Waals surface area contributed by atoms with Gasteiger partial charge in [-0.2, -0.15) is 0 Å². The molecule has 0 aromatic rings. The SMILES string of the molecule is CCCCCCCCCCCC(=O)C(O)(C(=O)O)C(O)(C(=O)O)C(=O)CCCCCCCCCCC. The summed E-state index contributed by atoms with van der Waals surface area (Å²) in [5.41, 5.74) is -7.45. The first kappa shape index (κ1) is 34.2. The fourth-order valence-electron chi connectivity index (χ4n) is 4.51. The van der Waals surface area contributed by atoms with Crippen molar-refractivity contribution in [3.63, 3.8) is 0 Å². The molecule has 210 valence electrons. The van der Waals surface area contributed by atoms with Gasteiger partial charge in [-0.05, 0) is 12.8 Å². The topological polar surface area (TPSA) is 149 Å². The Morgan fingerprint density at radius 3 is 0.889 bits per heavy atom. The van der Waals surface area contributed by atoms with Crippen LogP contribution in [0, 0.1) is 0 Å². The summed E-state index contributed by atoms with van der Waals surface area (Å²) in [6, 6.07) is 0. The lowest BCUT2D eigenvalue weighted by Crippen LogP contribution is -2.71. The molecular formula is C28H50O8. The number of carbonyl (C=O) groups is 4. The molecule has 0 amide bonds. The van der Waals surface area contributed by atoms with E-state index in [1.54, 1.807) is 0 Å². The van der Waals surface area contributed by atoms with Crippen LogP contribution in [0.4, 0.5) is 0 Å². The van der Waals surface area contributed by atoms with Crippen molar-refractivity contribution in [2.45, 2.75) is 153 Å². The van der Waals surface area contributed by atoms with Gasteiger partial charge in [-0.25, -0.2) is 9.59 Å². The van der Waals surface area contributed by atoms with E-state index in [0.29, 0.717) is 12.8 Å². The van der Waals surface area contributed by atoms with Crippen LogP contribution >= 0.6 is 0 Å². The number of ketones is 2. The molecule has 4 N–H and O–H groups in total. The largest absolute Gasteiger partial charge is 0.479 e. The van der Waals surface area contributed by atoms with E-state index in [1.807, 2.05) is 0 Å². The summed E-state index contributed by atoms with van der Waals surface area (Å²) in [6.45, 7) is 4.29. The van der Waals surface area contributed by atoms with E-state index in [2.05, 4.69) is 13.8 Å². The molecule has 0 saturated heterocycles. The molecule has 0 radical (unpaired) electrons. The molecule has 8 nitrogen and oxygen atoms in total. The van der Waals surface area contributed by atoms with Gasteiger partial charge in [0.15, 0.2) is 11.6 Å². The highest BCUT2D eigenvalue weighted by atomic mass is 16.5. The Kier molecular flexibility index (Phi) is 18.4. The summed E-state index contributed by atoms with van der Waals surface area (Å²) >= 11 is 0. The lowest BCUT2D eigenvalue weighted by molar-refractivity contribution is -0.207. The molecule has 0 saturated carbocycles. The molecule has 2 unspecified atom stereocenters. The van der Waals surface area contributed by atoms with Gasteiger partial charge in [0.2, 0.25) is 0 Å². The number of Topliss-reactive ketones (excluding diaryl/α,β-unsaturated/α-hetero) is 2. The Hall–Kier alpha value is -1.80. The van der Waals surface area contributed by atoms with Crippen LogP contribution in [0.15, 0.2) is 0 Å². The number of hydrogen-bond acceptors (Lipinski definition) is 6. The molecule has 0 aliphatic rings. The smallest absolute Gasteiger partial charge is 0.347 e. The number of carbonyl (C=O) groups excluding carboxylic acids is 2. The van der Waals surface area contributed by atoms with Gasteiger partial charge in [0, 0.05) is 12.8 Å². The maximum Gasteiger partial charge on any atom is 0.347 e. The summed E-state index contributed by atoms with van der Waals surface area (Å²) in [5, 5.41) is 40.5. The second-order valence-electron chi connectivity index (χ2n) is 10.0. The quantitative estimate of drug-likeness (QED) is 0.0908. The Morgan fingerprint density at radius 1 is 0.444 bits per heavy atom. The zero-order valence-electron chi connectivity index (χ0n) is 22.6. The van der Waals surface area contributed by atoms with Crippen molar-refractivity contribution in [3.8, 4) is 0 Å². The molecule has 2 atom stereocenters. The third kappa shape index (κ3) is 11.1.